The number of nitrogens with zero attached hydrogens (tertiary/aromatic N) is 1. The molecule has 306 valence electrons. The van der Waals surface area contributed by atoms with E-state index in [1.807, 2.05) is 18.2 Å². The number of hydrogen-bond acceptors (Lipinski definition) is 7. The van der Waals surface area contributed by atoms with E-state index in [0.29, 0.717) is 30.3 Å². The number of pyridine rings is 1. The van der Waals surface area contributed by atoms with Gasteiger partial charge in [0.05, 0.1) is 24.6 Å². The van der Waals surface area contributed by atoms with Gasteiger partial charge >= 0.3 is 8.60 Å². The van der Waals surface area contributed by atoms with Gasteiger partial charge in [0.2, 0.25) is 0 Å². The van der Waals surface area contributed by atoms with Gasteiger partial charge < -0.3 is 22.8 Å². The Morgan fingerprint density at radius 3 is 1.21 bits per heavy atom. The molecule has 0 aliphatic rings. The number of hydrogen-bond donors (Lipinski definition) is 0. The van der Waals surface area contributed by atoms with Gasteiger partial charge in [-0.3, -0.25) is 9.51 Å². The predicted octanol–water partition coefficient (Wildman–Crippen LogP) is 14.5. The number of methoxy groups -OCH3 is 1. The topological polar surface area (TPSA) is 68.3 Å². The maximum atomic E-state index is 6.43. The molecule has 7 nitrogen and oxygen atoms in total. The largest absolute Gasteiger partial charge is 0.463 e. The van der Waals surface area contributed by atoms with Crippen molar-refractivity contribution in [3.8, 4) is 23.0 Å². The molecule has 0 saturated carbocycles. The van der Waals surface area contributed by atoms with Crippen molar-refractivity contribution in [3.63, 3.8) is 0 Å². The van der Waals surface area contributed by atoms with Crippen molar-refractivity contribution in [2.24, 2.45) is 0 Å². The Morgan fingerprint density at radius 2 is 0.842 bits per heavy atom. The van der Waals surface area contributed by atoms with Gasteiger partial charge in [0.15, 0.2) is 0 Å². The van der Waals surface area contributed by atoms with Crippen molar-refractivity contribution >= 4 is 17.6 Å². The second kappa shape index (κ2) is 22.2. The molecule has 0 fully saturated rings. The molecule has 57 heavy (non-hydrogen) atoms. The maximum absolute atomic E-state index is 6.43. The van der Waals surface area contributed by atoms with Crippen LogP contribution >= 0.6 is 17.6 Å². The van der Waals surface area contributed by atoms with E-state index in [1.165, 1.54) is 22.3 Å². The van der Waals surface area contributed by atoms with Crippen molar-refractivity contribution in [3.05, 3.63) is 147 Å². The van der Waals surface area contributed by atoms with Gasteiger partial charge in [-0.05, 0) is 132 Å². The van der Waals surface area contributed by atoms with Gasteiger partial charge in [0, 0.05) is 7.11 Å². The predicted molar refractivity (Wildman–Crippen MR) is 239 cm³/mol. The van der Waals surface area contributed by atoms with Crippen LogP contribution in [0.1, 0.15) is 135 Å². The van der Waals surface area contributed by atoms with Crippen LogP contribution in [0, 0.1) is 27.7 Å². The zero-order chi connectivity index (χ0) is 41.6. The van der Waals surface area contributed by atoms with Crippen LogP contribution in [0.5, 0.6) is 23.0 Å². The van der Waals surface area contributed by atoms with Crippen molar-refractivity contribution in [2.45, 2.75) is 120 Å². The maximum Gasteiger partial charge on any atom is 0.463 e. The minimum atomic E-state index is -1.73. The number of ether oxygens (including phenoxy) is 1. The molecule has 5 aromatic rings. The fraction of sp³-hybridized carbons (Fsp3) is 0.396. The van der Waals surface area contributed by atoms with Crippen LogP contribution < -0.4 is 18.1 Å². The van der Waals surface area contributed by atoms with Crippen LogP contribution in [-0.4, -0.2) is 12.1 Å². The molecule has 0 N–H and O–H groups in total. The fourth-order valence-electron chi connectivity index (χ4n) is 6.11. The first kappa shape index (κ1) is 45.7. The Balaban J connectivity index is 0.000000273. The molecule has 5 rings (SSSR count). The quantitative estimate of drug-likeness (QED) is 0.0866. The van der Waals surface area contributed by atoms with Crippen LogP contribution in [0.2, 0.25) is 0 Å². The minimum Gasteiger partial charge on any atom is -0.440 e. The second-order valence-corrected chi connectivity index (χ2v) is 17.4. The van der Waals surface area contributed by atoms with Crippen LogP contribution in [0.3, 0.4) is 0 Å². The first-order valence-corrected chi connectivity index (χ1v) is 21.8. The van der Waals surface area contributed by atoms with E-state index in [0.717, 1.165) is 56.6 Å². The summed E-state index contributed by atoms with van der Waals surface area (Å²) in [6.07, 6.45) is 0. The Kier molecular flexibility index (Phi) is 17.8. The molecule has 0 bridgehead atoms. The van der Waals surface area contributed by atoms with E-state index in [-0.39, 0.29) is 15.6 Å². The lowest BCUT2D eigenvalue weighted by molar-refractivity contribution is 0.180. The first-order chi connectivity index (χ1) is 27.1. The zero-order valence-electron chi connectivity index (χ0n) is 36.2. The van der Waals surface area contributed by atoms with Crippen molar-refractivity contribution in [1.29, 1.82) is 0 Å². The van der Waals surface area contributed by atoms with E-state index in [2.05, 4.69) is 161 Å². The summed E-state index contributed by atoms with van der Waals surface area (Å²) < 4.78 is 36.2. The van der Waals surface area contributed by atoms with Gasteiger partial charge in [0.1, 0.15) is 23.0 Å². The number of aryl methyl sites for hydroxylation is 4. The lowest BCUT2D eigenvalue weighted by Gasteiger charge is -2.22. The van der Waals surface area contributed by atoms with Crippen LogP contribution in [-0.2, 0) is 22.5 Å². The molecule has 0 radical (unpaired) electrons. The summed E-state index contributed by atoms with van der Waals surface area (Å²) in [6.45, 7) is 26.4. The highest BCUT2D eigenvalue weighted by Gasteiger charge is 2.23. The molecular weight excluding hydrogens is 748 g/mol. The summed E-state index contributed by atoms with van der Waals surface area (Å²) in [7, 11) is -0.114. The van der Waals surface area contributed by atoms with Gasteiger partial charge in [-0.1, -0.05) is 110 Å². The highest BCUT2D eigenvalue weighted by Crippen LogP contribution is 2.46. The average Bonchev–Trinajstić information content (AvgIpc) is 3.14. The van der Waals surface area contributed by atoms with Crippen LogP contribution in [0.4, 0.5) is 0 Å². The van der Waals surface area contributed by atoms with E-state index >= 15 is 0 Å². The van der Waals surface area contributed by atoms with E-state index in [4.69, 9.17) is 27.4 Å². The molecule has 0 aliphatic heterocycles. The summed E-state index contributed by atoms with van der Waals surface area (Å²) in [4.78, 5) is 4.62. The Bertz CT molecular complexity index is 1910. The van der Waals surface area contributed by atoms with Crippen LogP contribution in [0.25, 0.3) is 0 Å². The third-order valence-corrected chi connectivity index (χ3v) is 10.9. The molecule has 4 aromatic carbocycles. The zero-order valence-corrected chi connectivity index (χ0v) is 38.1. The molecule has 1 heterocycles. The minimum absolute atomic E-state index is 0.0420. The molecule has 0 saturated heterocycles. The third kappa shape index (κ3) is 14.1. The van der Waals surface area contributed by atoms with Gasteiger partial charge in [-0.15, -0.1) is 0 Å². The van der Waals surface area contributed by atoms with Gasteiger partial charge in [-0.25, -0.2) is 0 Å². The smallest absolute Gasteiger partial charge is 0.440 e. The van der Waals surface area contributed by atoms with E-state index in [1.54, 1.807) is 7.11 Å². The van der Waals surface area contributed by atoms with Gasteiger partial charge in [0.25, 0.3) is 9.03 Å². The normalized spacial score (nSPS) is 11.3. The SMILES string of the molecule is COCc1cccc(COP(Oc2cc(C)ccc2C(C)C)Oc2cc(C)ccc2C(C)C)n1.Cc1ccc(C(C)C)c(OPOc2cc(C)ccc2C(C)C)c1. The Morgan fingerprint density at radius 1 is 0.491 bits per heavy atom. The molecule has 9 heteroatoms. The molecule has 0 unspecified atom stereocenters. The molecule has 1 aromatic heterocycles. The highest BCUT2D eigenvalue weighted by molar-refractivity contribution is 7.42. The lowest BCUT2D eigenvalue weighted by atomic mass is 10.0. The number of benzene rings is 4. The third-order valence-electron chi connectivity index (χ3n) is 9.29. The molecule has 0 aliphatic carbocycles. The van der Waals surface area contributed by atoms with Crippen molar-refractivity contribution in [1.82, 2.24) is 4.98 Å². The molecule has 0 spiro atoms. The molecular formula is C48H63NO6P2. The van der Waals surface area contributed by atoms with Crippen molar-refractivity contribution in [2.75, 3.05) is 7.11 Å². The number of rotatable bonds is 17. The standard InChI is InChI=1S/C28H36NO4P.C20H27O2P/c1-19(2)25-13-11-21(5)15-27(25)32-34(31-18-24-10-8-9-23(29-24)17-30-7)33-28-16-22(6)12-14-26(28)20(3)4;1-13(2)17-9-7-15(5)11-19(17)21-23-22-20-12-16(6)8-10-18(20)14(3)4/h8-16,19-20H,17-18H2,1-7H3;7-14,23H,1-6H3. The lowest BCUT2D eigenvalue weighted by Crippen LogP contribution is -2.06. The number of aromatic nitrogens is 1. The molecule has 0 amide bonds. The highest BCUT2D eigenvalue weighted by atomic mass is 31.2. The fourth-order valence-corrected chi connectivity index (χ4v) is 7.70. The van der Waals surface area contributed by atoms with Crippen molar-refractivity contribution < 1.29 is 27.4 Å². The summed E-state index contributed by atoms with van der Waals surface area (Å²) >= 11 is 0. The average molecular weight is 812 g/mol. The Hall–Kier alpha value is -3.99. The Labute approximate surface area is 345 Å². The summed E-state index contributed by atoms with van der Waals surface area (Å²) in [6, 6.07) is 31.1. The summed E-state index contributed by atoms with van der Waals surface area (Å²) in [5, 5.41) is 0. The first-order valence-electron chi connectivity index (χ1n) is 19.9. The van der Waals surface area contributed by atoms with Gasteiger partial charge in [-0.2, -0.15) is 0 Å². The van der Waals surface area contributed by atoms with E-state index in [9.17, 15) is 0 Å². The summed E-state index contributed by atoms with van der Waals surface area (Å²) in [5.41, 5.74) is 11.0. The van der Waals surface area contributed by atoms with Crippen LogP contribution in [0.15, 0.2) is 91.0 Å². The second-order valence-electron chi connectivity index (χ2n) is 15.8. The summed E-state index contributed by atoms with van der Waals surface area (Å²) in [5.74, 6) is 4.92. The molecule has 0 atom stereocenters. The monoisotopic (exact) mass is 811 g/mol. The van der Waals surface area contributed by atoms with E-state index < -0.39 is 8.60 Å².